The highest BCUT2D eigenvalue weighted by atomic mass is 35.5. The maximum absolute atomic E-state index is 13.8. The lowest BCUT2D eigenvalue weighted by atomic mass is 9.97. The van der Waals surface area contributed by atoms with Crippen molar-refractivity contribution in [3.63, 3.8) is 0 Å². The van der Waals surface area contributed by atoms with E-state index in [0.29, 0.717) is 16.8 Å². The maximum atomic E-state index is 13.8. The molecule has 1 unspecified atom stereocenters. The fourth-order valence-corrected chi connectivity index (χ4v) is 4.30. The Kier molecular flexibility index (Phi) is 4.97. The van der Waals surface area contributed by atoms with Gasteiger partial charge in [-0.2, -0.15) is 0 Å². The number of nitrogens with zero attached hydrogens (tertiary/aromatic N) is 3. The van der Waals surface area contributed by atoms with Gasteiger partial charge in [0.05, 0.1) is 0 Å². The van der Waals surface area contributed by atoms with Gasteiger partial charge in [-0.05, 0) is 48.7 Å². The normalized spacial score (nSPS) is 14.4. The van der Waals surface area contributed by atoms with E-state index in [1.165, 1.54) is 17.7 Å². The fourth-order valence-electron chi connectivity index (χ4n) is 4.03. The summed E-state index contributed by atoms with van der Waals surface area (Å²) in [6.45, 7) is 0.804. The van der Waals surface area contributed by atoms with Gasteiger partial charge in [0.1, 0.15) is 11.9 Å². The van der Waals surface area contributed by atoms with Crippen LogP contribution in [0.4, 0.5) is 10.1 Å². The smallest absolute Gasteiger partial charge is 0.247 e. The molecule has 0 amide bonds. The van der Waals surface area contributed by atoms with Crippen LogP contribution in [0.5, 0.6) is 0 Å². The van der Waals surface area contributed by atoms with Crippen LogP contribution in [-0.2, 0) is 6.42 Å². The first-order valence-electron chi connectivity index (χ1n) is 9.89. The second-order valence-corrected chi connectivity index (χ2v) is 7.71. The summed E-state index contributed by atoms with van der Waals surface area (Å²) in [6.07, 6.45) is 2.00. The van der Waals surface area contributed by atoms with Crippen molar-refractivity contribution in [2.75, 3.05) is 11.4 Å². The zero-order valence-corrected chi connectivity index (χ0v) is 16.9. The lowest BCUT2D eigenvalue weighted by Gasteiger charge is -2.36. The van der Waals surface area contributed by atoms with E-state index < -0.39 is 6.04 Å². The minimum absolute atomic E-state index is 0.336. The monoisotopic (exact) mass is 419 g/mol. The van der Waals surface area contributed by atoms with Gasteiger partial charge in [0.25, 0.3) is 0 Å². The van der Waals surface area contributed by atoms with Crippen LogP contribution >= 0.6 is 11.6 Å². The van der Waals surface area contributed by atoms with Crippen molar-refractivity contribution in [3.05, 3.63) is 101 Å². The largest absolute Gasteiger partial charge is 0.418 e. The Morgan fingerprint density at radius 2 is 1.77 bits per heavy atom. The van der Waals surface area contributed by atoms with Gasteiger partial charge in [0, 0.05) is 28.4 Å². The van der Waals surface area contributed by atoms with Crippen LogP contribution in [0.25, 0.3) is 11.5 Å². The van der Waals surface area contributed by atoms with Gasteiger partial charge < -0.3 is 9.32 Å². The molecular weight excluding hydrogens is 401 g/mol. The summed E-state index contributed by atoms with van der Waals surface area (Å²) in [5, 5.41) is 8.98. The van der Waals surface area contributed by atoms with Gasteiger partial charge in [0.15, 0.2) is 0 Å². The predicted octanol–water partition coefficient (Wildman–Crippen LogP) is 6.07. The first-order chi connectivity index (χ1) is 14.7. The van der Waals surface area contributed by atoms with Gasteiger partial charge in [-0.25, -0.2) is 4.39 Å². The number of rotatable bonds is 4. The number of hydrogen-bond donors (Lipinski definition) is 0. The van der Waals surface area contributed by atoms with Crippen molar-refractivity contribution in [2.45, 2.75) is 18.9 Å². The van der Waals surface area contributed by atoms with Gasteiger partial charge in [-0.15, -0.1) is 10.2 Å². The topological polar surface area (TPSA) is 42.2 Å². The SMILES string of the molecule is Fc1ccc(C(c2nnc(-c3ccccc3)o2)N2CCCc3ccccc32)c(Cl)c1. The molecule has 1 aromatic heterocycles. The van der Waals surface area contributed by atoms with Gasteiger partial charge in [-0.3, -0.25) is 0 Å². The average Bonchev–Trinajstić information content (AvgIpc) is 3.26. The predicted molar refractivity (Wildman–Crippen MR) is 115 cm³/mol. The molecule has 0 radical (unpaired) electrons. The Morgan fingerprint density at radius 3 is 2.60 bits per heavy atom. The number of aryl methyl sites for hydroxylation is 1. The van der Waals surface area contributed by atoms with Gasteiger partial charge >= 0.3 is 0 Å². The summed E-state index contributed by atoms with van der Waals surface area (Å²) < 4.78 is 19.9. The van der Waals surface area contributed by atoms with E-state index in [1.807, 2.05) is 42.5 Å². The molecule has 30 heavy (non-hydrogen) atoms. The van der Waals surface area contributed by atoms with E-state index in [2.05, 4.69) is 27.2 Å². The number of aromatic nitrogens is 2. The van der Waals surface area contributed by atoms with Crippen molar-refractivity contribution in [1.29, 1.82) is 0 Å². The molecule has 1 aliphatic rings. The number of fused-ring (bicyclic) bond motifs is 1. The Morgan fingerprint density at radius 1 is 0.967 bits per heavy atom. The molecule has 0 saturated carbocycles. The zero-order valence-electron chi connectivity index (χ0n) is 16.1. The highest BCUT2D eigenvalue weighted by Gasteiger charge is 2.32. The van der Waals surface area contributed by atoms with Crippen LogP contribution in [0.2, 0.25) is 5.02 Å². The van der Waals surface area contributed by atoms with Crippen molar-refractivity contribution in [2.24, 2.45) is 0 Å². The van der Waals surface area contributed by atoms with Crippen molar-refractivity contribution >= 4 is 17.3 Å². The molecule has 4 nitrogen and oxygen atoms in total. The maximum Gasteiger partial charge on any atom is 0.247 e. The third kappa shape index (κ3) is 3.46. The van der Waals surface area contributed by atoms with Crippen LogP contribution in [0.3, 0.4) is 0 Å². The van der Waals surface area contributed by atoms with Crippen LogP contribution in [0.1, 0.15) is 29.5 Å². The van der Waals surface area contributed by atoms with Crippen LogP contribution in [0, 0.1) is 5.82 Å². The third-order valence-electron chi connectivity index (χ3n) is 5.41. The average molecular weight is 420 g/mol. The van der Waals surface area contributed by atoms with Gasteiger partial charge in [0.2, 0.25) is 11.8 Å². The molecule has 0 N–H and O–H groups in total. The van der Waals surface area contributed by atoms with E-state index in [4.69, 9.17) is 16.0 Å². The number of hydrogen-bond acceptors (Lipinski definition) is 4. The summed E-state index contributed by atoms with van der Waals surface area (Å²) in [5.74, 6) is 0.496. The Bertz CT molecular complexity index is 1180. The molecule has 0 fully saturated rings. The highest BCUT2D eigenvalue weighted by molar-refractivity contribution is 6.31. The summed E-state index contributed by atoms with van der Waals surface area (Å²) >= 11 is 6.49. The summed E-state index contributed by atoms with van der Waals surface area (Å²) in [7, 11) is 0. The number of para-hydroxylation sites is 1. The second-order valence-electron chi connectivity index (χ2n) is 7.31. The standard InChI is InChI=1S/C24H19ClFN3O/c25-20-15-18(26)12-13-19(20)22(29-14-6-10-16-7-4-5-11-21(16)29)24-28-27-23(30-24)17-8-2-1-3-9-17/h1-5,7-9,11-13,15,22H,6,10,14H2. The molecule has 150 valence electrons. The lowest BCUT2D eigenvalue weighted by Crippen LogP contribution is -2.34. The Hall–Kier alpha value is -3.18. The van der Waals surface area contributed by atoms with E-state index >= 15 is 0 Å². The molecule has 3 aromatic carbocycles. The van der Waals surface area contributed by atoms with E-state index in [1.54, 1.807) is 6.07 Å². The molecular formula is C24H19ClFN3O. The first kappa shape index (κ1) is 18.8. The first-order valence-corrected chi connectivity index (χ1v) is 10.3. The molecule has 0 saturated heterocycles. The van der Waals surface area contributed by atoms with Crippen LogP contribution in [0.15, 0.2) is 77.2 Å². The second kappa shape index (κ2) is 7.92. The molecule has 5 rings (SSSR count). The van der Waals surface area contributed by atoms with Crippen LogP contribution in [-0.4, -0.2) is 16.7 Å². The third-order valence-corrected chi connectivity index (χ3v) is 5.74. The Balaban J connectivity index is 1.64. The molecule has 4 aromatic rings. The molecule has 0 spiro atoms. The van der Waals surface area contributed by atoms with Gasteiger partial charge in [-0.1, -0.05) is 54.1 Å². The number of anilines is 1. The molecule has 0 aliphatic carbocycles. The lowest BCUT2D eigenvalue weighted by molar-refractivity contribution is 0.462. The summed E-state index contributed by atoms with van der Waals surface area (Å²) in [4.78, 5) is 2.22. The number of halogens is 2. The van der Waals surface area contributed by atoms with E-state index in [-0.39, 0.29) is 5.82 Å². The summed E-state index contributed by atoms with van der Waals surface area (Å²) in [6, 6.07) is 22.0. The van der Waals surface area contributed by atoms with Crippen LogP contribution < -0.4 is 4.90 Å². The zero-order chi connectivity index (χ0) is 20.5. The molecule has 6 heteroatoms. The van der Waals surface area contributed by atoms with E-state index in [0.717, 1.165) is 36.2 Å². The van der Waals surface area contributed by atoms with Crippen molar-refractivity contribution in [3.8, 4) is 11.5 Å². The summed E-state index contributed by atoms with van der Waals surface area (Å²) in [5.41, 5.74) is 3.95. The minimum Gasteiger partial charge on any atom is -0.418 e. The highest BCUT2D eigenvalue weighted by Crippen LogP contribution is 2.40. The molecule has 0 bridgehead atoms. The van der Waals surface area contributed by atoms with Crippen molar-refractivity contribution < 1.29 is 8.81 Å². The number of benzene rings is 3. The fraction of sp³-hybridized carbons (Fsp3) is 0.167. The molecule has 2 heterocycles. The minimum atomic E-state index is -0.412. The molecule has 1 aliphatic heterocycles. The van der Waals surface area contributed by atoms with E-state index in [9.17, 15) is 4.39 Å². The van der Waals surface area contributed by atoms with Crippen molar-refractivity contribution in [1.82, 2.24) is 10.2 Å². The Labute approximate surface area is 178 Å². The molecule has 1 atom stereocenters. The quantitative estimate of drug-likeness (QED) is 0.402.